The van der Waals surface area contributed by atoms with Crippen molar-refractivity contribution in [1.82, 2.24) is 0 Å². The largest absolute Gasteiger partial charge is 0.399 e. The van der Waals surface area contributed by atoms with E-state index in [4.69, 9.17) is 5.73 Å². The third kappa shape index (κ3) is 2.47. The molecule has 3 aromatic carbocycles. The van der Waals surface area contributed by atoms with Crippen molar-refractivity contribution in [2.24, 2.45) is 0 Å². The Bertz CT molecular complexity index is 1070. The molecular formula is C21H20N3O+. The van der Waals surface area contributed by atoms with E-state index in [-0.39, 0.29) is 0 Å². The van der Waals surface area contributed by atoms with Gasteiger partial charge in [-0.3, -0.25) is 10.7 Å². The molecule has 4 rings (SSSR count). The zero-order valence-corrected chi connectivity index (χ0v) is 14.0. The van der Waals surface area contributed by atoms with E-state index >= 15 is 0 Å². The second-order valence-electron chi connectivity index (χ2n) is 6.11. The van der Waals surface area contributed by atoms with Crippen molar-refractivity contribution in [2.45, 2.75) is 13.5 Å². The summed E-state index contributed by atoms with van der Waals surface area (Å²) < 4.78 is 2.27. The van der Waals surface area contributed by atoms with Crippen LogP contribution >= 0.6 is 0 Å². The van der Waals surface area contributed by atoms with Crippen molar-refractivity contribution in [3.05, 3.63) is 66.7 Å². The first kappa shape index (κ1) is 15.4. The molecule has 4 nitrogen and oxygen atoms in total. The lowest BCUT2D eigenvalue weighted by Gasteiger charge is -2.12. The first-order valence-corrected chi connectivity index (χ1v) is 8.37. The Hall–Kier alpha value is -3.11. The van der Waals surface area contributed by atoms with Crippen LogP contribution in [0.25, 0.3) is 32.9 Å². The number of rotatable bonds is 3. The summed E-state index contributed by atoms with van der Waals surface area (Å²) in [6.45, 7) is 2.93. The van der Waals surface area contributed by atoms with Gasteiger partial charge in [0.1, 0.15) is 6.54 Å². The SMILES string of the molecule is CC[n+]1c(-c2ccccc2)c2cc(N)ccc2c2ccc(NO)cc21. The van der Waals surface area contributed by atoms with Gasteiger partial charge >= 0.3 is 0 Å². The smallest absolute Gasteiger partial charge is 0.220 e. The Balaban J connectivity index is 2.24. The minimum absolute atomic E-state index is 0.670. The molecule has 0 atom stereocenters. The van der Waals surface area contributed by atoms with Crippen LogP contribution in [0.15, 0.2) is 66.7 Å². The summed E-state index contributed by atoms with van der Waals surface area (Å²) in [4.78, 5) is 0. The monoisotopic (exact) mass is 330 g/mol. The summed E-state index contributed by atoms with van der Waals surface area (Å²) in [6.07, 6.45) is 0. The van der Waals surface area contributed by atoms with Gasteiger partial charge in [0, 0.05) is 22.7 Å². The summed E-state index contributed by atoms with van der Waals surface area (Å²) in [5.41, 5.74) is 13.1. The fourth-order valence-corrected chi connectivity index (χ4v) is 3.55. The molecule has 0 saturated heterocycles. The second-order valence-corrected chi connectivity index (χ2v) is 6.11. The highest BCUT2D eigenvalue weighted by Crippen LogP contribution is 2.33. The molecule has 0 saturated carbocycles. The van der Waals surface area contributed by atoms with Crippen LogP contribution in [0.5, 0.6) is 0 Å². The molecular weight excluding hydrogens is 310 g/mol. The minimum atomic E-state index is 0.670. The van der Waals surface area contributed by atoms with E-state index < -0.39 is 0 Å². The Morgan fingerprint density at radius 2 is 1.68 bits per heavy atom. The van der Waals surface area contributed by atoms with Gasteiger partial charge < -0.3 is 5.73 Å². The Morgan fingerprint density at radius 3 is 2.40 bits per heavy atom. The number of fused-ring (bicyclic) bond motifs is 3. The molecule has 0 spiro atoms. The molecule has 1 heterocycles. The standard InChI is InChI=1S/C21H19N3O/c1-2-24-20-13-16(23-25)9-11-18(20)17-10-8-15(22)12-19(17)21(24)14-6-4-3-5-7-14/h3-13,25H,2,22H2,1H3/p+1. The van der Waals surface area contributed by atoms with Crippen molar-refractivity contribution in [3.8, 4) is 11.3 Å². The molecule has 0 aliphatic heterocycles. The number of nitrogens with two attached hydrogens (primary N) is 1. The zero-order valence-electron chi connectivity index (χ0n) is 14.0. The third-order valence-electron chi connectivity index (χ3n) is 4.64. The topological polar surface area (TPSA) is 62.2 Å². The Morgan fingerprint density at radius 1 is 0.920 bits per heavy atom. The van der Waals surface area contributed by atoms with E-state index in [2.05, 4.69) is 35.2 Å². The fraction of sp³-hybridized carbons (Fsp3) is 0.0952. The van der Waals surface area contributed by atoms with Gasteiger partial charge in [-0.2, -0.15) is 4.57 Å². The molecule has 124 valence electrons. The van der Waals surface area contributed by atoms with E-state index in [1.54, 1.807) is 0 Å². The quantitative estimate of drug-likeness (QED) is 0.226. The lowest BCUT2D eigenvalue weighted by molar-refractivity contribution is -0.655. The normalized spacial score (nSPS) is 11.1. The van der Waals surface area contributed by atoms with Gasteiger partial charge in [-0.25, -0.2) is 0 Å². The van der Waals surface area contributed by atoms with Gasteiger partial charge in [0.15, 0.2) is 0 Å². The lowest BCUT2D eigenvalue weighted by atomic mass is 9.98. The average Bonchev–Trinajstić information content (AvgIpc) is 2.66. The highest BCUT2D eigenvalue weighted by Gasteiger charge is 2.22. The number of hydrogen-bond acceptors (Lipinski definition) is 3. The molecule has 4 aromatic rings. The molecule has 25 heavy (non-hydrogen) atoms. The second kappa shape index (κ2) is 6.07. The lowest BCUT2D eigenvalue weighted by Crippen LogP contribution is -2.36. The van der Waals surface area contributed by atoms with Crippen LogP contribution in [0.4, 0.5) is 11.4 Å². The van der Waals surface area contributed by atoms with Crippen LogP contribution < -0.4 is 15.8 Å². The zero-order chi connectivity index (χ0) is 17.4. The van der Waals surface area contributed by atoms with E-state index in [0.29, 0.717) is 5.69 Å². The van der Waals surface area contributed by atoms with Gasteiger partial charge in [0.05, 0.1) is 16.5 Å². The van der Waals surface area contributed by atoms with Crippen molar-refractivity contribution in [1.29, 1.82) is 0 Å². The first-order chi connectivity index (χ1) is 12.2. The van der Waals surface area contributed by atoms with E-state index in [1.807, 2.05) is 48.5 Å². The van der Waals surface area contributed by atoms with Gasteiger partial charge in [-0.05, 0) is 43.3 Å². The number of anilines is 2. The summed E-state index contributed by atoms with van der Waals surface area (Å²) in [5.74, 6) is 0. The van der Waals surface area contributed by atoms with Crippen LogP contribution in [0.1, 0.15) is 6.92 Å². The van der Waals surface area contributed by atoms with Crippen LogP contribution in [-0.2, 0) is 6.54 Å². The number of aromatic nitrogens is 1. The number of benzene rings is 3. The first-order valence-electron chi connectivity index (χ1n) is 8.37. The highest BCUT2D eigenvalue weighted by atomic mass is 16.5. The molecule has 4 heteroatoms. The summed E-state index contributed by atoms with van der Waals surface area (Å²) in [6, 6.07) is 22.3. The van der Waals surface area contributed by atoms with Gasteiger partial charge in [0.2, 0.25) is 11.2 Å². The van der Waals surface area contributed by atoms with E-state index in [1.165, 1.54) is 0 Å². The maximum absolute atomic E-state index is 9.32. The van der Waals surface area contributed by atoms with Crippen molar-refractivity contribution in [2.75, 3.05) is 11.2 Å². The number of nitrogens with one attached hydrogen (secondary N) is 1. The number of hydrogen-bond donors (Lipinski definition) is 3. The van der Waals surface area contributed by atoms with Crippen molar-refractivity contribution < 1.29 is 9.77 Å². The van der Waals surface area contributed by atoms with E-state index in [9.17, 15) is 5.21 Å². The maximum atomic E-state index is 9.32. The average molecular weight is 330 g/mol. The molecule has 0 radical (unpaired) electrons. The predicted molar refractivity (Wildman–Crippen MR) is 103 cm³/mol. The van der Waals surface area contributed by atoms with Gasteiger partial charge in [0.25, 0.3) is 0 Å². The summed E-state index contributed by atoms with van der Waals surface area (Å²) >= 11 is 0. The van der Waals surface area contributed by atoms with E-state index in [0.717, 1.165) is 45.2 Å². The van der Waals surface area contributed by atoms with Crippen LogP contribution in [0, 0.1) is 0 Å². The van der Waals surface area contributed by atoms with Gasteiger partial charge in [-0.15, -0.1) is 0 Å². The molecule has 0 fully saturated rings. The highest BCUT2D eigenvalue weighted by molar-refractivity contribution is 6.10. The number of nitrogens with zero attached hydrogens (tertiary/aromatic N) is 1. The van der Waals surface area contributed by atoms with Crippen LogP contribution in [0.3, 0.4) is 0 Å². The number of pyridine rings is 1. The molecule has 0 unspecified atom stereocenters. The molecule has 4 N–H and O–H groups in total. The molecule has 0 amide bonds. The van der Waals surface area contributed by atoms with Gasteiger partial charge in [-0.1, -0.05) is 24.3 Å². The Kier molecular flexibility index (Phi) is 3.75. The minimum Gasteiger partial charge on any atom is -0.399 e. The number of nitrogen functional groups attached to an aromatic ring is 1. The third-order valence-corrected chi connectivity index (χ3v) is 4.64. The fourth-order valence-electron chi connectivity index (χ4n) is 3.55. The summed E-state index contributed by atoms with van der Waals surface area (Å²) in [7, 11) is 0. The summed E-state index contributed by atoms with van der Waals surface area (Å²) in [5, 5.41) is 12.7. The van der Waals surface area contributed by atoms with Crippen molar-refractivity contribution in [3.63, 3.8) is 0 Å². The van der Waals surface area contributed by atoms with Crippen LogP contribution in [0.2, 0.25) is 0 Å². The molecule has 0 aliphatic rings. The Labute approximate surface area is 146 Å². The molecule has 0 aliphatic carbocycles. The maximum Gasteiger partial charge on any atom is 0.220 e. The van der Waals surface area contributed by atoms with Crippen LogP contribution in [-0.4, -0.2) is 5.21 Å². The van der Waals surface area contributed by atoms with Crippen molar-refractivity contribution >= 4 is 33.1 Å². The molecule has 1 aromatic heterocycles. The number of aryl methyl sites for hydroxylation is 1. The molecule has 0 bridgehead atoms. The predicted octanol–water partition coefficient (Wildman–Crippen LogP) is 4.35.